The topological polar surface area (TPSA) is 20.2 Å². The molecule has 1 heteroatoms. The summed E-state index contributed by atoms with van der Waals surface area (Å²) in [5, 5.41) is 11.5. The van der Waals surface area contributed by atoms with Gasteiger partial charge in [0.15, 0.2) is 0 Å². The van der Waals surface area contributed by atoms with Gasteiger partial charge in [-0.2, -0.15) is 0 Å². The highest BCUT2D eigenvalue weighted by Crippen LogP contribution is 2.68. The van der Waals surface area contributed by atoms with Gasteiger partial charge in [-0.15, -0.1) is 0 Å². The van der Waals surface area contributed by atoms with E-state index in [1.54, 1.807) is 0 Å². The van der Waals surface area contributed by atoms with Crippen molar-refractivity contribution in [2.24, 2.45) is 46.3 Å². The summed E-state index contributed by atoms with van der Waals surface area (Å²) in [4.78, 5) is 0. The molecule has 0 aliphatic heterocycles. The maximum atomic E-state index is 11.5. The molecular weight excluding hydrogens is 340 g/mol. The first-order chi connectivity index (χ1) is 13.2. The summed E-state index contributed by atoms with van der Waals surface area (Å²) in [7, 11) is 0. The molecule has 0 heterocycles. The zero-order chi connectivity index (χ0) is 20.2. The lowest BCUT2D eigenvalue weighted by molar-refractivity contribution is -0.188. The van der Waals surface area contributed by atoms with Crippen molar-refractivity contribution in [1.82, 2.24) is 0 Å². The summed E-state index contributed by atoms with van der Waals surface area (Å²) in [6, 6.07) is 0. The van der Waals surface area contributed by atoms with Crippen LogP contribution in [0.2, 0.25) is 0 Å². The number of hydrogen-bond acceptors (Lipinski definition) is 1. The third-order valence-corrected chi connectivity index (χ3v) is 10.6. The van der Waals surface area contributed by atoms with Crippen molar-refractivity contribution in [3.8, 4) is 0 Å². The van der Waals surface area contributed by atoms with Crippen molar-refractivity contribution >= 4 is 0 Å². The molecule has 3 fully saturated rings. The van der Waals surface area contributed by atoms with Gasteiger partial charge in [0.1, 0.15) is 0 Å². The molecule has 0 aromatic heterocycles. The van der Waals surface area contributed by atoms with Gasteiger partial charge < -0.3 is 5.11 Å². The van der Waals surface area contributed by atoms with Crippen LogP contribution in [-0.2, 0) is 0 Å². The van der Waals surface area contributed by atoms with Gasteiger partial charge in [-0.05, 0) is 92.3 Å². The molecule has 3 saturated carbocycles. The summed E-state index contributed by atoms with van der Waals surface area (Å²) in [6.07, 6.45) is 18.9. The maximum absolute atomic E-state index is 11.5. The van der Waals surface area contributed by atoms with Crippen LogP contribution in [0.25, 0.3) is 0 Å². The summed E-state index contributed by atoms with van der Waals surface area (Å²) in [6.45, 7) is 12.4. The Hall–Kier alpha value is -0.300. The van der Waals surface area contributed by atoms with Crippen LogP contribution in [0.15, 0.2) is 12.2 Å². The molecule has 28 heavy (non-hydrogen) atoms. The second-order valence-corrected chi connectivity index (χ2v) is 12.3. The Kier molecular flexibility index (Phi) is 5.56. The molecule has 0 unspecified atom stereocenters. The van der Waals surface area contributed by atoms with E-state index in [1.807, 2.05) is 0 Å². The molecule has 1 N–H and O–H groups in total. The van der Waals surface area contributed by atoms with E-state index in [0.29, 0.717) is 5.41 Å². The van der Waals surface area contributed by atoms with E-state index in [1.165, 1.54) is 51.4 Å². The van der Waals surface area contributed by atoms with Gasteiger partial charge >= 0.3 is 0 Å². The molecule has 0 aromatic rings. The summed E-state index contributed by atoms with van der Waals surface area (Å²) < 4.78 is 0. The van der Waals surface area contributed by atoms with Crippen molar-refractivity contribution in [3.63, 3.8) is 0 Å². The average molecular weight is 387 g/mol. The Labute approximate surface area is 174 Å². The van der Waals surface area contributed by atoms with Gasteiger partial charge in [0.2, 0.25) is 0 Å². The average Bonchev–Trinajstić information content (AvgIpc) is 2.99. The van der Waals surface area contributed by atoms with Crippen LogP contribution in [-0.4, -0.2) is 10.7 Å². The zero-order valence-electron chi connectivity index (χ0n) is 19.3. The summed E-state index contributed by atoms with van der Waals surface area (Å²) in [5.41, 5.74) is 0.250. The molecule has 1 nitrogen and oxygen atoms in total. The SMILES string of the molecule is CC(C)CCC[C@@H](C)[C@@H]1CC[C@@H]2[C@@H]3CC[C@@]4(O)CC=CC[C@]4(C)[C@H]3CC[C@]21C. The Morgan fingerprint density at radius 1 is 0.893 bits per heavy atom. The van der Waals surface area contributed by atoms with Gasteiger partial charge in [0.05, 0.1) is 5.60 Å². The molecular formula is C27H46O. The molecule has 4 aliphatic carbocycles. The fraction of sp³-hybridized carbons (Fsp3) is 0.926. The van der Waals surface area contributed by atoms with Gasteiger partial charge in [0.25, 0.3) is 0 Å². The largest absolute Gasteiger partial charge is 0.389 e. The fourth-order valence-corrected chi connectivity index (χ4v) is 8.82. The first-order valence-corrected chi connectivity index (χ1v) is 12.6. The van der Waals surface area contributed by atoms with Crippen LogP contribution in [0.4, 0.5) is 0 Å². The predicted molar refractivity (Wildman–Crippen MR) is 119 cm³/mol. The highest BCUT2D eigenvalue weighted by atomic mass is 16.3. The lowest BCUT2D eigenvalue weighted by atomic mass is 9.44. The first kappa shape index (κ1) is 21.0. The highest BCUT2D eigenvalue weighted by molar-refractivity contribution is 5.17. The van der Waals surface area contributed by atoms with Crippen molar-refractivity contribution in [3.05, 3.63) is 12.2 Å². The van der Waals surface area contributed by atoms with Crippen LogP contribution in [0.5, 0.6) is 0 Å². The van der Waals surface area contributed by atoms with Gasteiger partial charge in [-0.3, -0.25) is 0 Å². The van der Waals surface area contributed by atoms with Crippen molar-refractivity contribution in [1.29, 1.82) is 0 Å². The third-order valence-electron chi connectivity index (χ3n) is 10.6. The minimum absolute atomic E-state index is 0.118. The van der Waals surface area contributed by atoms with Crippen molar-refractivity contribution in [2.75, 3.05) is 0 Å². The molecule has 0 radical (unpaired) electrons. The summed E-state index contributed by atoms with van der Waals surface area (Å²) >= 11 is 0. The lowest BCUT2D eigenvalue weighted by Gasteiger charge is -2.63. The number of rotatable bonds is 5. The Balaban J connectivity index is 1.50. The monoisotopic (exact) mass is 386 g/mol. The molecule has 0 amide bonds. The van der Waals surface area contributed by atoms with E-state index in [2.05, 4.69) is 46.8 Å². The highest BCUT2D eigenvalue weighted by Gasteiger charge is 2.63. The van der Waals surface area contributed by atoms with Gasteiger partial charge in [-0.25, -0.2) is 0 Å². The smallest absolute Gasteiger partial charge is 0.0741 e. The van der Waals surface area contributed by atoms with Gasteiger partial charge in [0, 0.05) is 5.41 Å². The zero-order valence-corrected chi connectivity index (χ0v) is 19.3. The fourth-order valence-electron chi connectivity index (χ4n) is 8.82. The van der Waals surface area contributed by atoms with E-state index in [0.717, 1.165) is 54.8 Å². The number of fused-ring (bicyclic) bond motifs is 5. The number of hydrogen-bond donors (Lipinski definition) is 1. The second-order valence-electron chi connectivity index (χ2n) is 12.3. The van der Waals surface area contributed by atoms with E-state index in [-0.39, 0.29) is 5.41 Å². The molecule has 0 bridgehead atoms. The van der Waals surface area contributed by atoms with Crippen molar-refractivity contribution < 1.29 is 5.11 Å². The Morgan fingerprint density at radius 2 is 1.64 bits per heavy atom. The summed E-state index contributed by atoms with van der Waals surface area (Å²) in [5.74, 6) is 5.19. The third kappa shape index (κ3) is 3.14. The first-order valence-electron chi connectivity index (χ1n) is 12.6. The minimum Gasteiger partial charge on any atom is -0.389 e. The molecule has 0 aromatic carbocycles. The standard InChI is InChI=1S/C27H46O/c1-19(2)9-8-10-20(3)22-11-12-23-21-13-18-27(28)16-7-6-15-26(27,5)24(21)14-17-25(22,23)4/h6-7,19-24,28H,8-18H2,1-5H3/t20-,21+,22+,23-,24+,25+,26-,27+/m1/s1. The number of allylic oxidation sites excluding steroid dienone is 1. The minimum atomic E-state index is -0.432. The van der Waals surface area contributed by atoms with E-state index >= 15 is 0 Å². The van der Waals surface area contributed by atoms with Crippen LogP contribution in [0.1, 0.15) is 105 Å². The Bertz CT molecular complexity index is 593. The van der Waals surface area contributed by atoms with E-state index in [4.69, 9.17) is 0 Å². The molecule has 0 saturated heterocycles. The van der Waals surface area contributed by atoms with E-state index in [9.17, 15) is 5.11 Å². The molecule has 4 aliphatic rings. The molecule has 0 spiro atoms. The normalized spacial score (nSPS) is 48.8. The second kappa shape index (κ2) is 7.44. The molecule has 160 valence electrons. The van der Waals surface area contributed by atoms with Crippen molar-refractivity contribution in [2.45, 2.75) is 111 Å². The predicted octanol–water partition coefficient (Wildman–Crippen LogP) is 7.39. The van der Waals surface area contributed by atoms with Crippen LogP contribution < -0.4 is 0 Å². The van der Waals surface area contributed by atoms with Gasteiger partial charge in [-0.1, -0.05) is 66.0 Å². The maximum Gasteiger partial charge on any atom is 0.0741 e. The quantitative estimate of drug-likeness (QED) is 0.488. The van der Waals surface area contributed by atoms with Crippen LogP contribution >= 0.6 is 0 Å². The lowest BCUT2D eigenvalue weighted by Crippen LogP contribution is -2.60. The number of aliphatic hydroxyl groups is 1. The molecule has 8 atom stereocenters. The van der Waals surface area contributed by atoms with Crippen LogP contribution in [0, 0.1) is 46.3 Å². The molecule has 4 rings (SSSR count). The Morgan fingerprint density at radius 3 is 2.39 bits per heavy atom. The van der Waals surface area contributed by atoms with Crippen LogP contribution in [0.3, 0.4) is 0 Å². The van der Waals surface area contributed by atoms with E-state index < -0.39 is 5.60 Å².